The SMILES string of the molecule is C[C@H](CO)N1C[C@H](C)[C@H](CN(C)C(=O)C2CCCCC2)OCCCC[C@H](C)Oc2ccc(NS(=O)(=O)c3ccc(Cl)cc3)cc2C1=O. The molecule has 1 aliphatic carbocycles. The smallest absolute Gasteiger partial charge is 0.261 e. The molecule has 47 heavy (non-hydrogen) atoms. The summed E-state index contributed by atoms with van der Waals surface area (Å²) in [5, 5.41) is 10.6. The lowest BCUT2D eigenvalue weighted by Crippen LogP contribution is -2.48. The Morgan fingerprint density at radius 1 is 1.06 bits per heavy atom. The van der Waals surface area contributed by atoms with Gasteiger partial charge in [-0.25, -0.2) is 8.42 Å². The molecule has 260 valence electrons. The molecule has 0 unspecified atom stereocenters. The Morgan fingerprint density at radius 2 is 1.74 bits per heavy atom. The number of likely N-dealkylation sites (N-methyl/N-ethyl adjacent to an activating group) is 1. The summed E-state index contributed by atoms with van der Waals surface area (Å²) in [6.45, 7) is 6.58. The molecule has 2 amide bonds. The maximum absolute atomic E-state index is 14.4. The normalized spacial score (nSPS) is 22.8. The van der Waals surface area contributed by atoms with Gasteiger partial charge in [-0.1, -0.05) is 37.8 Å². The molecular formula is C35H50ClN3O7S. The number of carbonyl (C=O) groups excluding carboxylic acids is 2. The van der Waals surface area contributed by atoms with Crippen molar-refractivity contribution < 1.29 is 32.6 Å². The highest BCUT2D eigenvalue weighted by atomic mass is 35.5. The maximum atomic E-state index is 14.4. The predicted molar refractivity (Wildman–Crippen MR) is 183 cm³/mol. The van der Waals surface area contributed by atoms with Gasteiger partial charge in [0.05, 0.1) is 35.3 Å². The number of carbonyl (C=O) groups is 2. The van der Waals surface area contributed by atoms with E-state index in [1.54, 1.807) is 28.9 Å². The highest BCUT2D eigenvalue weighted by Gasteiger charge is 2.32. The van der Waals surface area contributed by atoms with Crippen LogP contribution in [0.5, 0.6) is 5.75 Å². The van der Waals surface area contributed by atoms with E-state index in [0.717, 1.165) is 44.9 Å². The van der Waals surface area contributed by atoms with Crippen molar-refractivity contribution in [1.82, 2.24) is 9.80 Å². The Hall–Kier alpha value is -2.86. The number of fused-ring (bicyclic) bond motifs is 1. The van der Waals surface area contributed by atoms with E-state index >= 15 is 0 Å². The molecule has 10 nitrogen and oxygen atoms in total. The molecule has 2 aromatic carbocycles. The van der Waals surface area contributed by atoms with Crippen molar-refractivity contribution in [3.8, 4) is 5.75 Å². The first-order valence-electron chi connectivity index (χ1n) is 16.8. The van der Waals surface area contributed by atoms with Crippen molar-refractivity contribution in [2.45, 2.75) is 95.3 Å². The standard InChI is InChI=1S/C35H50ClN3O7S/c1-24-21-39(25(2)23-40)35(42)31-20-29(37-47(43,44)30-16-13-28(36)14-17-30)15-18-32(31)46-26(3)10-8-9-19-45-33(24)22-38(4)34(41)27-11-6-5-7-12-27/h13-18,20,24-27,33,37,40H,5-12,19,21-23H2,1-4H3/t24-,25+,26-,33-/m0/s1. The Morgan fingerprint density at radius 3 is 2.43 bits per heavy atom. The molecule has 1 fully saturated rings. The fraction of sp³-hybridized carbons (Fsp3) is 0.600. The number of rotatable bonds is 8. The lowest BCUT2D eigenvalue weighted by atomic mass is 9.88. The highest BCUT2D eigenvalue weighted by molar-refractivity contribution is 7.92. The Kier molecular flexibility index (Phi) is 13.4. The molecule has 0 saturated heterocycles. The van der Waals surface area contributed by atoms with Gasteiger partial charge in [-0.3, -0.25) is 14.3 Å². The van der Waals surface area contributed by atoms with Crippen LogP contribution in [0.4, 0.5) is 5.69 Å². The van der Waals surface area contributed by atoms with Crippen molar-refractivity contribution in [2.75, 3.05) is 38.1 Å². The second-order valence-corrected chi connectivity index (χ2v) is 15.2. The molecular weight excluding hydrogens is 642 g/mol. The van der Waals surface area contributed by atoms with Crippen molar-refractivity contribution in [3.63, 3.8) is 0 Å². The lowest BCUT2D eigenvalue weighted by Gasteiger charge is -2.36. The summed E-state index contributed by atoms with van der Waals surface area (Å²) >= 11 is 5.95. The largest absolute Gasteiger partial charge is 0.490 e. The number of aliphatic hydroxyl groups excluding tert-OH is 1. The fourth-order valence-electron chi connectivity index (χ4n) is 6.30. The predicted octanol–water partition coefficient (Wildman–Crippen LogP) is 5.98. The van der Waals surface area contributed by atoms with Gasteiger partial charge in [-0.2, -0.15) is 0 Å². The van der Waals surface area contributed by atoms with Crippen molar-refractivity contribution in [3.05, 3.63) is 53.1 Å². The zero-order valence-electron chi connectivity index (χ0n) is 28.0. The first-order valence-corrected chi connectivity index (χ1v) is 18.6. The molecule has 1 aliphatic heterocycles. The van der Waals surface area contributed by atoms with Crippen LogP contribution in [0.2, 0.25) is 5.02 Å². The average Bonchev–Trinajstić information content (AvgIpc) is 3.06. The molecule has 1 heterocycles. The minimum absolute atomic E-state index is 0.0283. The van der Waals surface area contributed by atoms with Crippen molar-refractivity contribution in [2.24, 2.45) is 11.8 Å². The van der Waals surface area contributed by atoms with Gasteiger partial charge in [-0.05, 0) is 88.4 Å². The molecule has 0 radical (unpaired) electrons. The molecule has 1 saturated carbocycles. The van der Waals surface area contributed by atoms with Gasteiger partial charge in [0, 0.05) is 49.3 Å². The van der Waals surface area contributed by atoms with Crippen molar-refractivity contribution >= 4 is 39.1 Å². The summed E-state index contributed by atoms with van der Waals surface area (Å²) in [6, 6.07) is 9.91. The van der Waals surface area contributed by atoms with E-state index in [1.807, 2.05) is 20.9 Å². The number of nitrogens with zero attached hydrogens (tertiary/aromatic N) is 2. The van der Waals surface area contributed by atoms with Crippen LogP contribution in [-0.2, 0) is 19.6 Å². The van der Waals surface area contributed by atoms with E-state index in [9.17, 15) is 23.1 Å². The van der Waals surface area contributed by atoms with Gasteiger partial charge in [-0.15, -0.1) is 0 Å². The molecule has 12 heteroatoms. The average molecular weight is 692 g/mol. The minimum Gasteiger partial charge on any atom is -0.490 e. The summed E-state index contributed by atoms with van der Waals surface area (Å²) in [5.41, 5.74) is 0.373. The highest BCUT2D eigenvalue weighted by Crippen LogP contribution is 2.30. The first-order chi connectivity index (χ1) is 22.4. The van der Waals surface area contributed by atoms with Crippen LogP contribution < -0.4 is 9.46 Å². The van der Waals surface area contributed by atoms with Gasteiger partial charge in [0.25, 0.3) is 15.9 Å². The number of hydrogen-bond donors (Lipinski definition) is 2. The lowest BCUT2D eigenvalue weighted by molar-refractivity contribution is -0.137. The van der Waals surface area contributed by atoms with E-state index in [0.29, 0.717) is 23.9 Å². The summed E-state index contributed by atoms with van der Waals surface area (Å²) < 4.78 is 41.6. The molecule has 4 rings (SSSR count). The molecule has 2 aromatic rings. The molecule has 2 N–H and O–H groups in total. The number of halogens is 1. The number of ether oxygens (including phenoxy) is 2. The summed E-state index contributed by atoms with van der Waals surface area (Å²) in [4.78, 5) is 31.1. The van der Waals surface area contributed by atoms with E-state index < -0.39 is 22.0 Å². The van der Waals surface area contributed by atoms with Crippen LogP contribution in [0.1, 0.15) is 82.5 Å². The third-order valence-corrected chi connectivity index (χ3v) is 10.9. The zero-order valence-corrected chi connectivity index (χ0v) is 29.6. The van der Waals surface area contributed by atoms with Crippen LogP contribution in [0.15, 0.2) is 47.4 Å². The summed E-state index contributed by atoms with van der Waals surface area (Å²) in [6.07, 6.45) is 6.97. The number of benzene rings is 2. The van der Waals surface area contributed by atoms with Gasteiger partial charge in [0.1, 0.15) is 5.75 Å². The maximum Gasteiger partial charge on any atom is 0.261 e. The van der Waals surface area contributed by atoms with Crippen LogP contribution in [0, 0.1) is 11.8 Å². The van der Waals surface area contributed by atoms with Gasteiger partial charge >= 0.3 is 0 Å². The summed E-state index contributed by atoms with van der Waals surface area (Å²) in [5.74, 6) is -0.0743. The molecule has 0 bridgehead atoms. The number of amides is 2. The molecule has 0 aromatic heterocycles. The van der Waals surface area contributed by atoms with Crippen LogP contribution >= 0.6 is 11.6 Å². The third-order valence-electron chi connectivity index (χ3n) is 9.21. The Balaban J connectivity index is 1.64. The first kappa shape index (κ1) is 37.0. The minimum atomic E-state index is -3.97. The number of hydrogen-bond acceptors (Lipinski definition) is 7. The third kappa shape index (κ3) is 10.1. The van der Waals surface area contributed by atoms with Crippen molar-refractivity contribution in [1.29, 1.82) is 0 Å². The Bertz CT molecular complexity index is 1450. The van der Waals surface area contributed by atoms with E-state index in [-0.39, 0.29) is 59.2 Å². The van der Waals surface area contributed by atoms with Gasteiger partial charge < -0.3 is 24.4 Å². The van der Waals surface area contributed by atoms with E-state index in [1.165, 1.54) is 36.8 Å². The summed E-state index contributed by atoms with van der Waals surface area (Å²) in [7, 11) is -2.14. The Labute approximate surface area is 284 Å². The second kappa shape index (κ2) is 17.0. The van der Waals surface area contributed by atoms with E-state index in [2.05, 4.69) is 4.72 Å². The van der Waals surface area contributed by atoms with E-state index in [4.69, 9.17) is 21.1 Å². The van der Waals surface area contributed by atoms with Crippen LogP contribution in [0.25, 0.3) is 0 Å². The molecule has 2 aliphatic rings. The van der Waals surface area contributed by atoms with Gasteiger partial charge in [0.15, 0.2) is 0 Å². The van der Waals surface area contributed by atoms with Crippen LogP contribution in [0.3, 0.4) is 0 Å². The van der Waals surface area contributed by atoms with Gasteiger partial charge in [0.2, 0.25) is 5.91 Å². The second-order valence-electron chi connectivity index (χ2n) is 13.1. The zero-order chi connectivity index (χ0) is 34.1. The monoisotopic (exact) mass is 691 g/mol. The molecule has 4 atom stereocenters. The fourth-order valence-corrected chi connectivity index (χ4v) is 7.47. The number of sulfonamides is 1. The number of anilines is 1. The van der Waals surface area contributed by atoms with Crippen LogP contribution in [-0.4, -0.2) is 86.7 Å². The molecule has 0 spiro atoms. The topological polar surface area (TPSA) is 125 Å². The quantitative estimate of drug-likeness (QED) is 0.349. The number of nitrogens with one attached hydrogen (secondary N) is 1. The number of aliphatic hydroxyl groups is 1.